The van der Waals surface area contributed by atoms with Gasteiger partial charge in [-0.15, -0.1) is 0 Å². The number of rotatable bonds is 5. The van der Waals surface area contributed by atoms with Gasteiger partial charge in [0, 0.05) is 20.6 Å². The van der Waals surface area contributed by atoms with Gasteiger partial charge < -0.3 is 10.6 Å². The summed E-state index contributed by atoms with van der Waals surface area (Å²) in [5.74, 6) is -0.890. The molecule has 142 valence electrons. The van der Waals surface area contributed by atoms with Crippen LogP contribution in [0.25, 0.3) is 0 Å². The molecule has 11 heteroatoms. The molecule has 0 spiro atoms. The average molecular weight is 391 g/mol. The predicted molar refractivity (Wildman–Crippen MR) is 100.0 cm³/mol. The van der Waals surface area contributed by atoms with Crippen LogP contribution in [-0.2, 0) is 20.6 Å². The molecule has 3 aromatic rings. The number of amides is 2. The third-order valence-electron chi connectivity index (χ3n) is 4.19. The van der Waals surface area contributed by atoms with Crippen LogP contribution in [0.4, 0.5) is 11.4 Å². The van der Waals surface area contributed by atoms with Gasteiger partial charge in [-0.1, -0.05) is 11.6 Å². The standard InChI is InChI=1S/C16H19ClN8O2/c1-5-25-14(16(27)21-11-7-19-23(3)9(11)2)12(8-20-25)22-15(26)13-10(17)6-18-24(13)4/h6-8H,5H2,1-4H3,(H,21,27)(H,22,26). The first-order chi connectivity index (χ1) is 12.8. The zero-order valence-electron chi connectivity index (χ0n) is 15.3. The zero-order chi connectivity index (χ0) is 19.7. The Bertz CT molecular complexity index is 996. The lowest BCUT2D eigenvalue weighted by atomic mass is 10.3. The third kappa shape index (κ3) is 3.43. The molecule has 3 aromatic heterocycles. The van der Waals surface area contributed by atoms with Crippen LogP contribution in [0.15, 0.2) is 18.6 Å². The quantitative estimate of drug-likeness (QED) is 0.690. The Morgan fingerprint density at radius 1 is 0.963 bits per heavy atom. The minimum atomic E-state index is -0.484. The average Bonchev–Trinajstić information content (AvgIpc) is 3.28. The van der Waals surface area contributed by atoms with E-state index >= 15 is 0 Å². The maximum atomic E-state index is 12.8. The van der Waals surface area contributed by atoms with E-state index in [4.69, 9.17) is 11.6 Å². The number of hydrogen-bond donors (Lipinski definition) is 2. The first-order valence-electron chi connectivity index (χ1n) is 8.18. The molecule has 0 aliphatic heterocycles. The molecule has 0 radical (unpaired) electrons. The van der Waals surface area contributed by atoms with Crippen LogP contribution in [0.5, 0.6) is 0 Å². The highest BCUT2D eigenvalue weighted by Crippen LogP contribution is 2.21. The summed E-state index contributed by atoms with van der Waals surface area (Å²) < 4.78 is 4.52. The Labute approximate surface area is 160 Å². The van der Waals surface area contributed by atoms with Crippen LogP contribution < -0.4 is 10.6 Å². The van der Waals surface area contributed by atoms with Crippen LogP contribution in [-0.4, -0.2) is 41.2 Å². The van der Waals surface area contributed by atoms with E-state index in [0.29, 0.717) is 12.2 Å². The van der Waals surface area contributed by atoms with Crippen molar-refractivity contribution in [1.82, 2.24) is 29.3 Å². The molecule has 0 saturated heterocycles. The first-order valence-corrected chi connectivity index (χ1v) is 8.55. The van der Waals surface area contributed by atoms with Crippen molar-refractivity contribution in [3.8, 4) is 0 Å². The number of anilines is 2. The van der Waals surface area contributed by atoms with E-state index in [2.05, 4.69) is 25.9 Å². The number of nitrogens with zero attached hydrogens (tertiary/aromatic N) is 6. The maximum absolute atomic E-state index is 12.8. The molecule has 0 saturated carbocycles. The minimum Gasteiger partial charge on any atom is -0.318 e. The van der Waals surface area contributed by atoms with Gasteiger partial charge in [-0.3, -0.25) is 23.6 Å². The van der Waals surface area contributed by atoms with Gasteiger partial charge in [-0.2, -0.15) is 15.3 Å². The summed E-state index contributed by atoms with van der Waals surface area (Å²) in [5, 5.41) is 17.9. The number of carbonyl (C=O) groups is 2. The van der Waals surface area contributed by atoms with E-state index in [0.717, 1.165) is 5.69 Å². The normalized spacial score (nSPS) is 10.9. The zero-order valence-corrected chi connectivity index (χ0v) is 16.1. The molecule has 3 heterocycles. The van der Waals surface area contributed by atoms with Gasteiger partial charge in [0.15, 0.2) is 0 Å². The lowest BCUT2D eigenvalue weighted by Gasteiger charge is -2.10. The second-order valence-corrected chi connectivity index (χ2v) is 6.27. The van der Waals surface area contributed by atoms with Gasteiger partial charge in [-0.25, -0.2) is 0 Å². The largest absolute Gasteiger partial charge is 0.318 e. The lowest BCUT2D eigenvalue weighted by molar-refractivity contribution is 0.101. The predicted octanol–water partition coefficient (Wildman–Crippen LogP) is 1.84. The number of carbonyl (C=O) groups excluding carboxylic acids is 2. The van der Waals surface area contributed by atoms with Gasteiger partial charge in [0.05, 0.1) is 40.7 Å². The fraction of sp³-hybridized carbons (Fsp3) is 0.312. The summed E-state index contributed by atoms with van der Waals surface area (Å²) in [7, 11) is 3.39. The highest BCUT2D eigenvalue weighted by atomic mass is 35.5. The van der Waals surface area contributed by atoms with Crippen LogP contribution >= 0.6 is 11.6 Å². The van der Waals surface area contributed by atoms with E-state index in [1.165, 1.54) is 21.8 Å². The van der Waals surface area contributed by atoms with Crippen LogP contribution in [0.2, 0.25) is 5.02 Å². The molecule has 0 atom stereocenters. The van der Waals surface area contributed by atoms with Gasteiger partial charge in [0.25, 0.3) is 11.8 Å². The van der Waals surface area contributed by atoms with Crippen molar-refractivity contribution in [3.63, 3.8) is 0 Å². The molecule has 10 nitrogen and oxygen atoms in total. The maximum Gasteiger partial charge on any atom is 0.276 e. The van der Waals surface area contributed by atoms with Crippen molar-refractivity contribution in [2.75, 3.05) is 10.6 Å². The lowest BCUT2D eigenvalue weighted by Crippen LogP contribution is -2.22. The highest BCUT2D eigenvalue weighted by molar-refractivity contribution is 6.34. The number of hydrogen-bond acceptors (Lipinski definition) is 5. The van der Waals surface area contributed by atoms with Crippen molar-refractivity contribution in [2.24, 2.45) is 14.1 Å². The number of aromatic nitrogens is 6. The summed E-state index contributed by atoms with van der Waals surface area (Å²) in [6.45, 7) is 4.15. The Morgan fingerprint density at radius 3 is 2.11 bits per heavy atom. The van der Waals surface area contributed by atoms with E-state index in [9.17, 15) is 9.59 Å². The Kier molecular flexibility index (Phi) is 5.00. The van der Waals surface area contributed by atoms with E-state index in [1.54, 1.807) is 25.0 Å². The molecule has 3 rings (SSSR count). The van der Waals surface area contributed by atoms with Crippen molar-refractivity contribution in [3.05, 3.63) is 40.7 Å². The summed E-state index contributed by atoms with van der Waals surface area (Å²) >= 11 is 6.01. The van der Waals surface area contributed by atoms with Crippen molar-refractivity contribution >= 4 is 34.8 Å². The van der Waals surface area contributed by atoms with Gasteiger partial charge in [0.2, 0.25) is 0 Å². The van der Waals surface area contributed by atoms with Crippen LogP contribution in [0, 0.1) is 6.92 Å². The van der Waals surface area contributed by atoms with E-state index in [1.807, 2.05) is 13.8 Å². The molecule has 0 aliphatic carbocycles. The second-order valence-electron chi connectivity index (χ2n) is 5.86. The van der Waals surface area contributed by atoms with E-state index in [-0.39, 0.29) is 22.1 Å². The smallest absolute Gasteiger partial charge is 0.276 e. The Morgan fingerprint density at radius 2 is 1.56 bits per heavy atom. The molecular formula is C16H19ClN8O2. The first kappa shape index (κ1) is 18.6. The monoisotopic (exact) mass is 390 g/mol. The number of halogens is 1. The molecular weight excluding hydrogens is 372 g/mol. The molecule has 0 aromatic carbocycles. The Balaban J connectivity index is 1.89. The van der Waals surface area contributed by atoms with Crippen molar-refractivity contribution in [2.45, 2.75) is 20.4 Å². The highest BCUT2D eigenvalue weighted by Gasteiger charge is 2.23. The summed E-state index contributed by atoms with van der Waals surface area (Å²) in [5.41, 5.74) is 2.08. The fourth-order valence-corrected chi connectivity index (χ4v) is 2.86. The van der Waals surface area contributed by atoms with Gasteiger partial charge >= 0.3 is 0 Å². The number of aryl methyl sites for hydroxylation is 3. The molecule has 0 unspecified atom stereocenters. The summed E-state index contributed by atoms with van der Waals surface area (Å²) in [6.07, 6.45) is 4.37. The van der Waals surface area contributed by atoms with E-state index < -0.39 is 11.8 Å². The third-order valence-corrected chi connectivity index (χ3v) is 4.47. The molecule has 0 fully saturated rings. The topological polar surface area (TPSA) is 112 Å². The van der Waals surface area contributed by atoms with Gasteiger partial charge in [-0.05, 0) is 13.8 Å². The Hall–Kier alpha value is -3.14. The molecule has 0 aliphatic rings. The summed E-state index contributed by atoms with van der Waals surface area (Å²) in [4.78, 5) is 25.4. The molecule has 27 heavy (non-hydrogen) atoms. The number of nitrogens with one attached hydrogen (secondary N) is 2. The SMILES string of the molecule is CCn1ncc(NC(=O)c2c(Cl)cnn2C)c1C(=O)Nc1cnn(C)c1C. The van der Waals surface area contributed by atoms with Gasteiger partial charge in [0.1, 0.15) is 11.4 Å². The van der Waals surface area contributed by atoms with Crippen molar-refractivity contribution in [1.29, 1.82) is 0 Å². The fourth-order valence-electron chi connectivity index (χ4n) is 2.61. The van der Waals surface area contributed by atoms with Crippen LogP contribution in [0.1, 0.15) is 33.6 Å². The molecule has 2 N–H and O–H groups in total. The minimum absolute atomic E-state index is 0.190. The molecule has 0 bridgehead atoms. The second kappa shape index (κ2) is 7.23. The summed E-state index contributed by atoms with van der Waals surface area (Å²) in [6, 6.07) is 0. The van der Waals surface area contributed by atoms with Crippen LogP contribution in [0.3, 0.4) is 0 Å². The van der Waals surface area contributed by atoms with Crippen molar-refractivity contribution < 1.29 is 9.59 Å². The molecule has 2 amide bonds.